The third kappa shape index (κ3) is 7.93. The number of carbonyl (C=O) groups is 2. The van der Waals surface area contributed by atoms with Crippen molar-refractivity contribution in [2.75, 3.05) is 38.8 Å². The Morgan fingerprint density at radius 1 is 0.959 bits per heavy atom. The average Bonchev–Trinajstić information content (AvgIpc) is 3.12. The predicted molar refractivity (Wildman–Crippen MR) is 184 cm³/mol. The monoisotopic (exact) mass is 707 g/mol. The van der Waals surface area contributed by atoms with Crippen molar-refractivity contribution >= 4 is 41.0 Å². The van der Waals surface area contributed by atoms with Crippen LogP contribution in [0.1, 0.15) is 46.0 Å². The molecule has 2 bridgehead atoms. The van der Waals surface area contributed by atoms with Gasteiger partial charge in [-0.1, -0.05) is 53.5 Å². The Labute approximate surface area is 294 Å². The van der Waals surface area contributed by atoms with Crippen LogP contribution in [0.3, 0.4) is 0 Å². The molecule has 7 rings (SSSR count). The zero-order valence-corrected chi connectivity index (χ0v) is 28.6. The Bertz CT molecular complexity index is 1800. The normalized spacial score (nSPS) is 18.8. The van der Waals surface area contributed by atoms with E-state index in [4.69, 9.17) is 42.1 Å². The fourth-order valence-electron chi connectivity index (χ4n) is 6.43. The molecule has 256 valence electrons. The van der Waals surface area contributed by atoms with Crippen molar-refractivity contribution in [1.29, 1.82) is 0 Å². The number of hydrogen-bond donors (Lipinski definition) is 0. The fraction of sp³-hybridized carbons (Fsp3) is 0.324. The van der Waals surface area contributed by atoms with E-state index in [1.54, 1.807) is 54.6 Å². The quantitative estimate of drug-likeness (QED) is 0.145. The summed E-state index contributed by atoms with van der Waals surface area (Å²) >= 11 is 12.9. The van der Waals surface area contributed by atoms with Crippen molar-refractivity contribution in [3.63, 3.8) is 0 Å². The topological polar surface area (TPSA) is 90.4 Å². The van der Waals surface area contributed by atoms with Gasteiger partial charge in [-0.3, -0.25) is 14.8 Å². The van der Waals surface area contributed by atoms with E-state index in [0.29, 0.717) is 44.8 Å². The fourth-order valence-corrected chi connectivity index (χ4v) is 6.95. The predicted octanol–water partition coefficient (Wildman–Crippen LogP) is 7.92. The zero-order chi connectivity index (χ0) is 34.5. The minimum atomic E-state index is -0.834. The molecule has 0 N–H and O–H groups in total. The lowest BCUT2D eigenvalue weighted by Gasteiger charge is -2.44. The highest BCUT2D eigenvalue weighted by atomic mass is 35.5. The van der Waals surface area contributed by atoms with Gasteiger partial charge in [0.2, 0.25) is 0 Å². The Balaban J connectivity index is 1.26. The first-order chi connectivity index (χ1) is 23.7. The number of amides is 1. The molecule has 0 radical (unpaired) electrons. The third-order valence-corrected chi connectivity index (χ3v) is 9.74. The SMILES string of the molecule is COc1ccc(C(Cc2c(Cl)cncc2Cl)OC(=O)c2cccc(CN(C(=O)O[C@H]3CN4CCC3CC4)c3ccccc3F)c2)cc1OC. The summed E-state index contributed by atoms with van der Waals surface area (Å²) in [7, 11) is 3.05. The summed E-state index contributed by atoms with van der Waals surface area (Å²) in [5.74, 6) is 0.0548. The lowest BCUT2D eigenvalue weighted by molar-refractivity contribution is -0.0311. The molecular formula is C37H36Cl2FN3O6. The summed E-state index contributed by atoms with van der Waals surface area (Å²) in [6, 6.07) is 18.0. The first-order valence-electron chi connectivity index (χ1n) is 16.0. The molecular weight excluding hydrogens is 672 g/mol. The maximum Gasteiger partial charge on any atom is 0.415 e. The van der Waals surface area contributed by atoms with Gasteiger partial charge in [0.15, 0.2) is 11.5 Å². The number of anilines is 1. The van der Waals surface area contributed by atoms with Crippen LogP contribution in [0.5, 0.6) is 11.5 Å². The first-order valence-corrected chi connectivity index (χ1v) is 16.7. The molecule has 3 aliphatic rings. The Kier molecular flexibility index (Phi) is 10.9. The number of benzene rings is 3. The molecule has 1 aromatic heterocycles. The van der Waals surface area contributed by atoms with Crippen molar-refractivity contribution in [2.45, 2.75) is 38.0 Å². The van der Waals surface area contributed by atoms with Crippen LogP contribution in [0.25, 0.3) is 0 Å². The summed E-state index contributed by atoms with van der Waals surface area (Å²) < 4.78 is 38.1. The van der Waals surface area contributed by atoms with Crippen molar-refractivity contribution < 1.29 is 32.9 Å². The smallest absolute Gasteiger partial charge is 0.415 e. The number of ether oxygens (including phenoxy) is 4. The van der Waals surface area contributed by atoms with E-state index >= 15 is 4.39 Å². The van der Waals surface area contributed by atoms with Crippen LogP contribution in [0.4, 0.5) is 14.9 Å². The van der Waals surface area contributed by atoms with Crippen LogP contribution in [-0.4, -0.2) is 61.9 Å². The van der Waals surface area contributed by atoms with Crippen LogP contribution in [0.15, 0.2) is 79.1 Å². The summed E-state index contributed by atoms with van der Waals surface area (Å²) in [5.41, 5.74) is 2.07. The second-order valence-electron chi connectivity index (χ2n) is 12.1. The van der Waals surface area contributed by atoms with Gasteiger partial charge in [0.1, 0.15) is 18.0 Å². The van der Waals surface area contributed by atoms with Crippen LogP contribution >= 0.6 is 23.2 Å². The molecule has 4 aromatic rings. The zero-order valence-electron chi connectivity index (χ0n) is 27.1. The van der Waals surface area contributed by atoms with Crippen LogP contribution in [-0.2, 0) is 22.4 Å². The molecule has 3 aliphatic heterocycles. The summed E-state index contributed by atoms with van der Waals surface area (Å²) in [5, 5.41) is 0.656. The van der Waals surface area contributed by atoms with Crippen LogP contribution in [0.2, 0.25) is 10.0 Å². The molecule has 3 fully saturated rings. The highest BCUT2D eigenvalue weighted by Crippen LogP contribution is 2.36. The number of fused-ring (bicyclic) bond motifs is 3. The summed E-state index contributed by atoms with van der Waals surface area (Å²) in [6.45, 7) is 2.62. The number of nitrogens with zero attached hydrogens (tertiary/aromatic N) is 3. The number of methoxy groups -OCH3 is 2. The maximum atomic E-state index is 15.1. The van der Waals surface area contributed by atoms with Gasteiger partial charge < -0.3 is 18.9 Å². The first kappa shape index (κ1) is 34.5. The highest BCUT2D eigenvalue weighted by molar-refractivity contribution is 6.35. The number of halogens is 3. The van der Waals surface area contributed by atoms with E-state index in [1.165, 1.54) is 43.6 Å². The standard InChI is InChI=1S/C37H36Cl2FN3O6/c1-46-32-11-10-25(17-34(32)47-2)33(18-27-28(38)19-41-20-29(27)39)48-36(44)26-7-5-6-23(16-26)21-43(31-9-4-3-8-30(31)40)37(45)49-35-22-42-14-12-24(35)13-15-42/h3-11,16-17,19-20,24,33,35H,12-15,18,21-22H2,1-2H3/t33?,35-/m0/s1. The highest BCUT2D eigenvalue weighted by Gasteiger charge is 2.38. The van der Waals surface area contributed by atoms with E-state index in [0.717, 1.165) is 25.9 Å². The molecule has 0 aliphatic carbocycles. The third-order valence-electron chi connectivity index (χ3n) is 9.09. The molecule has 1 unspecified atom stereocenters. The van der Waals surface area contributed by atoms with Crippen molar-refractivity contribution in [3.8, 4) is 11.5 Å². The van der Waals surface area contributed by atoms with Gasteiger partial charge in [0.05, 0.1) is 42.1 Å². The van der Waals surface area contributed by atoms with E-state index in [-0.39, 0.29) is 36.2 Å². The second-order valence-corrected chi connectivity index (χ2v) is 12.9. The Hall–Kier alpha value is -4.38. The molecule has 2 atom stereocenters. The molecule has 0 saturated carbocycles. The van der Waals surface area contributed by atoms with Gasteiger partial charge in [-0.15, -0.1) is 0 Å². The average molecular weight is 709 g/mol. The van der Waals surface area contributed by atoms with Crippen LogP contribution in [0, 0.1) is 11.7 Å². The van der Waals surface area contributed by atoms with Crippen molar-refractivity contribution in [2.24, 2.45) is 5.92 Å². The molecule has 4 heterocycles. The maximum absolute atomic E-state index is 15.1. The largest absolute Gasteiger partial charge is 0.493 e. The minimum Gasteiger partial charge on any atom is -0.493 e. The van der Waals surface area contributed by atoms with Gasteiger partial charge in [-0.25, -0.2) is 14.0 Å². The second kappa shape index (κ2) is 15.4. The Morgan fingerprint density at radius 2 is 1.69 bits per heavy atom. The van der Waals surface area contributed by atoms with Crippen LogP contribution < -0.4 is 14.4 Å². The van der Waals surface area contributed by atoms with Gasteiger partial charge in [-0.2, -0.15) is 0 Å². The number of hydrogen-bond acceptors (Lipinski definition) is 8. The number of rotatable bonds is 11. The number of para-hydroxylation sites is 1. The summed E-state index contributed by atoms with van der Waals surface area (Å²) in [6.07, 6.45) is 3.29. The van der Waals surface area contributed by atoms with Crippen molar-refractivity contribution in [3.05, 3.63) is 117 Å². The van der Waals surface area contributed by atoms with E-state index in [2.05, 4.69) is 9.88 Å². The van der Waals surface area contributed by atoms with Gasteiger partial charge in [0.25, 0.3) is 0 Å². The van der Waals surface area contributed by atoms with Gasteiger partial charge in [-0.05, 0) is 84.9 Å². The number of aromatic nitrogens is 1. The van der Waals surface area contributed by atoms with Gasteiger partial charge in [0, 0.05) is 25.4 Å². The molecule has 12 heteroatoms. The molecule has 1 amide bonds. The molecule has 9 nitrogen and oxygen atoms in total. The lowest BCUT2D eigenvalue weighted by atomic mass is 9.86. The number of carbonyl (C=O) groups excluding carboxylic acids is 2. The van der Waals surface area contributed by atoms with Crippen molar-refractivity contribution in [1.82, 2.24) is 9.88 Å². The molecule has 3 aromatic carbocycles. The number of esters is 1. The molecule has 0 spiro atoms. The number of piperidine rings is 3. The molecule has 49 heavy (non-hydrogen) atoms. The summed E-state index contributed by atoms with van der Waals surface area (Å²) in [4.78, 5) is 35.0. The molecule has 3 saturated heterocycles. The van der Waals surface area contributed by atoms with E-state index < -0.39 is 24.0 Å². The van der Waals surface area contributed by atoms with Gasteiger partial charge >= 0.3 is 12.1 Å². The van der Waals surface area contributed by atoms with E-state index in [9.17, 15) is 9.59 Å². The minimum absolute atomic E-state index is 0.0384. The number of pyridine rings is 1. The Morgan fingerprint density at radius 3 is 2.37 bits per heavy atom. The van der Waals surface area contributed by atoms with E-state index in [1.807, 2.05) is 0 Å². The lowest BCUT2D eigenvalue weighted by Crippen LogP contribution is -2.53.